The first-order valence-electron chi connectivity index (χ1n) is 12.8. The molecule has 4 atom stereocenters. The Morgan fingerprint density at radius 1 is 1.05 bits per heavy atom. The summed E-state index contributed by atoms with van der Waals surface area (Å²) in [5.74, 6) is -1.37. The number of urea groups is 1. The van der Waals surface area contributed by atoms with Crippen LogP contribution in [-0.4, -0.2) is 66.3 Å². The van der Waals surface area contributed by atoms with Crippen molar-refractivity contribution >= 4 is 52.0 Å². The molecule has 0 radical (unpaired) electrons. The van der Waals surface area contributed by atoms with Gasteiger partial charge in [-0.25, -0.2) is 4.79 Å². The minimum absolute atomic E-state index is 0.0531. The van der Waals surface area contributed by atoms with Gasteiger partial charge in [0.15, 0.2) is 5.78 Å². The summed E-state index contributed by atoms with van der Waals surface area (Å²) in [5.41, 5.74) is 1.83. The number of Topliss-reactive ketones (excluding diaryl/α,β-unsaturated/α-hetero) is 1. The number of piperazine rings is 1. The number of thiophene rings is 2. The molecule has 38 heavy (non-hydrogen) atoms. The van der Waals surface area contributed by atoms with E-state index < -0.39 is 23.9 Å². The second-order valence-corrected chi connectivity index (χ2v) is 12.0. The number of carbonyl (C=O) groups excluding carboxylic acids is 3. The van der Waals surface area contributed by atoms with Crippen molar-refractivity contribution in [2.45, 2.75) is 31.8 Å². The number of nitrogens with one attached hydrogen (secondary N) is 2. The quantitative estimate of drug-likeness (QED) is 0.411. The van der Waals surface area contributed by atoms with Crippen LogP contribution in [0.1, 0.15) is 44.6 Å². The van der Waals surface area contributed by atoms with Gasteiger partial charge in [0, 0.05) is 48.5 Å². The fourth-order valence-electron chi connectivity index (χ4n) is 5.69. The zero-order valence-electron chi connectivity index (χ0n) is 21.4. The van der Waals surface area contributed by atoms with E-state index in [-0.39, 0.29) is 17.7 Å². The van der Waals surface area contributed by atoms with Gasteiger partial charge < -0.3 is 20.4 Å². The number of aryl methyl sites for hydroxylation is 1. The molecule has 7 nitrogen and oxygen atoms in total. The minimum atomic E-state index is -0.846. The predicted molar refractivity (Wildman–Crippen MR) is 152 cm³/mol. The van der Waals surface area contributed by atoms with Crippen LogP contribution in [0.4, 0.5) is 4.79 Å². The normalized spacial score (nSPS) is 23.4. The van der Waals surface area contributed by atoms with Gasteiger partial charge in [-0.1, -0.05) is 29.8 Å². The van der Waals surface area contributed by atoms with Crippen molar-refractivity contribution in [3.63, 3.8) is 0 Å². The lowest BCUT2D eigenvalue weighted by Gasteiger charge is -2.36. The number of ketones is 1. The van der Waals surface area contributed by atoms with E-state index in [1.165, 1.54) is 22.7 Å². The first-order valence-corrected chi connectivity index (χ1v) is 15.0. The highest BCUT2D eigenvalue weighted by atomic mass is 35.5. The summed E-state index contributed by atoms with van der Waals surface area (Å²) in [5, 5.41) is 10.7. The molecule has 2 fully saturated rings. The SMILES string of the molecule is CCNC(=O)N1C(C(=O)N2CCNCC2)C(c2ccc(Cl)cc2)C(C(=O)c2cccs2)C1c1sccc1C. The lowest BCUT2D eigenvalue weighted by molar-refractivity contribution is -0.136. The maximum atomic E-state index is 14.4. The zero-order valence-corrected chi connectivity index (χ0v) is 23.7. The molecule has 3 aromatic rings. The standard InChI is InChI=1S/C28H31ClN4O3S2/c1-3-31-28(36)33-23(26-17(2)10-16-38-26)22(25(34)20-5-4-15-37-20)21(18-6-8-19(29)9-7-18)24(33)27(35)32-13-11-30-12-14-32/h4-10,15-16,21-24,30H,3,11-14H2,1-2H3,(H,31,36). The molecule has 10 heteroatoms. The topological polar surface area (TPSA) is 81.8 Å². The fraction of sp³-hybridized carbons (Fsp3) is 0.393. The highest BCUT2D eigenvalue weighted by Crippen LogP contribution is 2.53. The number of benzene rings is 1. The maximum absolute atomic E-state index is 14.4. The molecule has 0 aliphatic carbocycles. The fourth-order valence-corrected chi connectivity index (χ4v) is 7.60. The second kappa shape index (κ2) is 11.6. The van der Waals surface area contributed by atoms with Gasteiger partial charge in [-0.3, -0.25) is 9.59 Å². The van der Waals surface area contributed by atoms with Crippen LogP contribution in [0.5, 0.6) is 0 Å². The molecule has 0 spiro atoms. The van der Waals surface area contributed by atoms with E-state index in [0.717, 1.165) is 16.0 Å². The number of hydrogen-bond donors (Lipinski definition) is 2. The van der Waals surface area contributed by atoms with Gasteiger partial charge in [0.05, 0.1) is 16.8 Å². The van der Waals surface area contributed by atoms with Crippen molar-refractivity contribution in [1.82, 2.24) is 20.4 Å². The van der Waals surface area contributed by atoms with E-state index in [1.807, 2.05) is 59.8 Å². The highest BCUT2D eigenvalue weighted by Gasteiger charge is 2.58. The zero-order chi connectivity index (χ0) is 26.8. The highest BCUT2D eigenvalue weighted by molar-refractivity contribution is 7.12. The van der Waals surface area contributed by atoms with Crippen LogP contribution < -0.4 is 10.6 Å². The second-order valence-electron chi connectivity index (χ2n) is 9.62. The Morgan fingerprint density at radius 3 is 2.39 bits per heavy atom. The molecule has 5 rings (SSSR count). The van der Waals surface area contributed by atoms with Crippen LogP contribution >= 0.6 is 34.3 Å². The van der Waals surface area contributed by atoms with E-state index in [4.69, 9.17) is 11.6 Å². The van der Waals surface area contributed by atoms with Crippen molar-refractivity contribution in [3.05, 3.63) is 79.1 Å². The van der Waals surface area contributed by atoms with Crippen molar-refractivity contribution in [2.24, 2.45) is 5.92 Å². The third-order valence-electron chi connectivity index (χ3n) is 7.40. The van der Waals surface area contributed by atoms with Gasteiger partial charge in [-0.2, -0.15) is 0 Å². The van der Waals surface area contributed by atoms with E-state index in [0.29, 0.717) is 42.6 Å². The molecule has 3 amide bonds. The molecule has 2 aliphatic rings. The largest absolute Gasteiger partial charge is 0.338 e. The van der Waals surface area contributed by atoms with E-state index in [9.17, 15) is 14.4 Å². The number of rotatable bonds is 6. The minimum Gasteiger partial charge on any atom is -0.338 e. The summed E-state index contributed by atoms with van der Waals surface area (Å²) in [6.07, 6.45) is 0. The van der Waals surface area contributed by atoms with E-state index in [1.54, 1.807) is 17.0 Å². The van der Waals surface area contributed by atoms with Crippen molar-refractivity contribution in [1.29, 1.82) is 0 Å². The van der Waals surface area contributed by atoms with Crippen molar-refractivity contribution < 1.29 is 14.4 Å². The average Bonchev–Trinajstić information content (AvgIpc) is 3.68. The molecule has 1 aromatic carbocycles. The molecule has 4 heterocycles. The molecular weight excluding hydrogens is 540 g/mol. The molecule has 200 valence electrons. The number of hydrogen-bond acceptors (Lipinski definition) is 6. The summed E-state index contributed by atoms with van der Waals surface area (Å²) >= 11 is 9.17. The molecule has 0 bridgehead atoms. The number of halogens is 1. The Kier molecular flexibility index (Phi) is 8.18. The molecule has 0 saturated carbocycles. The monoisotopic (exact) mass is 570 g/mol. The molecule has 2 N–H and O–H groups in total. The molecule has 2 aliphatic heterocycles. The van der Waals surface area contributed by atoms with Crippen LogP contribution in [0.25, 0.3) is 0 Å². The van der Waals surface area contributed by atoms with Gasteiger partial charge >= 0.3 is 6.03 Å². The van der Waals surface area contributed by atoms with E-state index >= 15 is 0 Å². The summed E-state index contributed by atoms with van der Waals surface area (Å²) < 4.78 is 0. The van der Waals surface area contributed by atoms with Gasteiger partial charge in [-0.15, -0.1) is 22.7 Å². The Hall–Kier alpha value is -2.72. The lowest BCUT2D eigenvalue weighted by Crippen LogP contribution is -2.56. The number of amides is 3. The van der Waals surface area contributed by atoms with Crippen molar-refractivity contribution in [3.8, 4) is 0 Å². The molecule has 2 aromatic heterocycles. The predicted octanol–water partition coefficient (Wildman–Crippen LogP) is 4.94. The van der Waals surface area contributed by atoms with Crippen LogP contribution in [0.3, 0.4) is 0 Å². The Bertz CT molecular complexity index is 1290. The first kappa shape index (κ1) is 26.9. The lowest BCUT2D eigenvalue weighted by atomic mass is 9.78. The van der Waals surface area contributed by atoms with Crippen LogP contribution in [-0.2, 0) is 4.79 Å². The number of nitrogens with zero attached hydrogens (tertiary/aromatic N) is 2. The summed E-state index contributed by atoms with van der Waals surface area (Å²) in [6, 6.07) is 11.3. The maximum Gasteiger partial charge on any atom is 0.318 e. The molecule has 2 saturated heterocycles. The first-order chi connectivity index (χ1) is 18.4. The Morgan fingerprint density at radius 2 is 1.79 bits per heavy atom. The smallest absolute Gasteiger partial charge is 0.318 e. The van der Waals surface area contributed by atoms with Gasteiger partial charge in [-0.05, 0) is 60.0 Å². The van der Waals surface area contributed by atoms with Crippen LogP contribution in [0, 0.1) is 12.8 Å². The summed E-state index contributed by atoms with van der Waals surface area (Å²) in [6.45, 7) is 6.76. The number of carbonyl (C=O) groups is 3. The third kappa shape index (κ3) is 5.00. The van der Waals surface area contributed by atoms with Crippen LogP contribution in [0.2, 0.25) is 5.02 Å². The Balaban J connectivity index is 1.74. The Labute approximate surface area is 235 Å². The van der Waals surface area contributed by atoms with Gasteiger partial charge in [0.25, 0.3) is 0 Å². The van der Waals surface area contributed by atoms with Crippen LogP contribution in [0.15, 0.2) is 53.2 Å². The van der Waals surface area contributed by atoms with Gasteiger partial charge in [0.2, 0.25) is 5.91 Å². The van der Waals surface area contributed by atoms with E-state index in [2.05, 4.69) is 10.6 Å². The summed E-state index contributed by atoms with van der Waals surface area (Å²) in [4.78, 5) is 47.6. The molecular formula is C28H31ClN4O3S2. The number of likely N-dealkylation sites (tertiary alicyclic amines) is 1. The summed E-state index contributed by atoms with van der Waals surface area (Å²) in [7, 11) is 0. The average molecular weight is 571 g/mol. The van der Waals surface area contributed by atoms with Gasteiger partial charge in [0.1, 0.15) is 6.04 Å². The van der Waals surface area contributed by atoms with Crippen molar-refractivity contribution in [2.75, 3.05) is 32.7 Å². The molecule has 4 unspecified atom stereocenters. The third-order valence-corrected chi connectivity index (χ3v) is 9.63.